The number of likely N-dealkylation sites (N-methyl/N-ethyl adjacent to an activating group) is 1. The lowest BCUT2D eigenvalue weighted by atomic mass is 9.97. The molecule has 1 aliphatic heterocycles. The van der Waals surface area contributed by atoms with E-state index < -0.39 is 0 Å². The first-order chi connectivity index (χ1) is 5.79. The summed E-state index contributed by atoms with van der Waals surface area (Å²) in [6.45, 7) is 4.49. The molecule has 0 spiro atoms. The number of hydrogen-bond acceptors (Lipinski definition) is 1. The Hall–Kier alpha value is -0.720. The van der Waals surface area contributed by atoms with Gasteiger partial charge >= 0.3 is 0 Å². The van der Waals surface area contributed by atoms with E-state index in [-0.39, 0.29) is 0 Å². The van der Waals surface area contributed by atoms with Crippen molar-refractivity contribution in [3.8, 4) is 0 Å². The predicted octanol–water partition coefficient (Wildman–Crippen LogP) is 2.95. The van der Waals surface area contributed by atoms with Crippen molar-refractivity contribution in [3.63, 3.8) is 0 Å². The van der Waals surface area contributed by atoms with Gasteiger partial charge < -0.3 is 4.90 Å². The third-order valence-corrected chi connectivity index (χ3v) is 2.52. The van der Waals surface area contributed by atoms with Crippen LogP contribution in [0.3, 0.4) is 0 Å². The molecule has 0 N–H and O–H groups in total. The summed E-state index contributed by atoms with van der Waals surface area (Å²) in [6, 6.07) is 0.657. The first-order valence-corrected chi connectivity index (χ1v) is 4.88. The maximum absolute atomic E-state index is 2.32. The molecular formula is C11H19N. The maximum Gasteiger partial charge on any atom is 0.0496 e. The highest BCUT2D eigenvalue weighted by atomic mass is 15.1. The topological polar surface area (TPSA) is 3.24 Å². The largest absolute Gasteiger partial charge is 0.374 e. The Morgan fingerprint density at radius 2 is 2.17 bits per heavy atom. The minimum Gasteiger partial charge on any atom is -0.374 e. The Morgan fingerprint density at radius 3 is 2.75 bits per heavy atom. The van der Waals surface area contributed by atoms with Gasteiger partial charge in [-0.2, -0.15) is 0 Å². The van der Waals surface area contributed by atoms with Crippen LogP contribution in [0.4, 0.5) is 0 Å². The van der Waals surface area contributed by atoms with Crippen LogP contribution in [-0.2, 0) is 0 Å². The van der Waals surface area contributed by atoms with Crippen molar-refractivity contribution in [1.29, 1.82) is 0 Å². The summed E-state index contributed by atoms with van der Waals surface area (Å²) in [5.41, 5.74) is 1.57. The highest BCUT2D eigenvalue weighted by Crippen LogP contribution is 2.21. The predicted molar refractivity (Wildman–Crippen MR) is 54.0 cm³/mol. The van der Waals surface area contributed by atoms with E-state index >= 15 is 0 Å². The maximum atomic E-state index is 2.32. The van der Waals surface area contributed by atoms with Crippen LogP contribution in [0, 0.1) is 0 Å². The van der Waals surface area contributed by atoms with Crippen LogP contribution in [0.15, 0.2) is 23.9 Å². The number of rotatable bonds is 3. The minimum atomic E-state index is 0.657. The standard InChI is InChI=1S/C11H19N/c1-4-7-11-10(5-2)8-6-9-12(11)3/h6,8-9,11H,4-5,7H2,1-3H3. The zero-order chi connectivity index (χ0) is 8.97. The number of allylic oxidation sites excluding steroid dienone is 2. The summed E-state index contributed by atoms with van der Waals surface area (Å²) < 4.78 is 0. The molecule has 0 fully saturated rings. The Bertz CT molecular complexity index is 191. The van der Waals surface area contributed by atoms with E-state index in [0.717, 1.165) is 0 Å². The zero-order valence-electron chi connectivity index (χ0n) is 8.38. The van der Waals surface area contributed by atoms with Gasteiger partial charge in [0.2, 0.25) is 0 Å². The van der Waals surface area contributed by atoms with Crippen molar-refractivity contribution < 1.29 is 0 Å². The monoisotopic (exact) mass is 165 g/mol. The molecular weight excluding hydrogens is 146 g/mol. The van der Waals surface area contributed by atoms with E-state index in [0.29, 0.717) is 6.04 Å². The lowest BCUT2D eigenvalue weighted by molar-refractivity contribution is 0.338. The van der Waals surface area contributed by atoms with Crippen LogP contribution in [0.25, 0.3) is 0 Å². The summed E-state index contributed by atoms with van der Waals surface area (Å²) >= 11 is 0. The minimum absolute atomic E-state index is 0.657. The molecule has 1 atom stereocenters. The number of hydrogen-bond donors (Lipinski definition) is 0. The van der Waals surface area contributed by atoms with Gasteiger partial charge in [0, 0.05) is 13.1 Å². The molecule has 1 rings (SSSR count). The number of nitrogens with zero attached hydrogens (tertiary/aromatic N) is 1. The normalized spacial score (nSPS) is 22.8. The molecule has 0 radical (unpaired) electrons. The van der Waals surface area contributed by atoms with Crippen LogP contribution < -0.4 is 0 Å². The van der Waals surface area contributed by atoms with Crippen LogP contribution in [0.1, 0.15) is 33.1 Å². The van der Waals surface area contributed by atoms with E-state index in [4.69, 9.17) is 0 Å². The molecule has 1 heterocycles. The zero-order valence-corrected chi connectivity index (χ0v) is 8.38. The molecule has 0 amide bonds. The van der Waals surface area contributed by atoms with Crippen LogP contribution in [0.2, 0.25) is 0 Å². The van der Waals surface area contributed by atoms with Crippen molar-refractivity contribution in [3.05, 3.63) is 23.9 Å². The lowest BCUT2D eigenvalue weighted by Gasteiger charge is -2.31. The molecule has 1 nitrogen and oxygen atoms in total. The molecule has 68 valence electrons. The molecule has 0 saturated carbocycles. The molecule has 0 saturated heterocycles. The fourth-order valence-electron chi connectivity index (χ4n) is 1.79. The molecule has 1 aliphatic rings. The Kier molecular flexibility index (Phi) is 3.39. The average Bonchev–Trinajstić information content (AvgIpc) is 2.09. The van der Waals surface area contributed by atoms with Crippen LogP contribution >= 0.6 is 0 Å². The van der Waals surface area contributed by atoms with E-state index in [1.54, 1.807) is 5.57 Å². The molecule has 0 aromatic heterocycles. The summed E-state index contributed by atoms with van der Waals surface area (Å²) in [5.74, 6) is 0. The van der Waals surface area contributed by atoms with E-state index in [1.807, 2.05) is 0 Å². The fraction of sp³-hybridized carbons (Fsp3) is 0.636. The van der Waals surface area contributed by atoms with Gasteiger partial charge in [0.15, 0.2) is 0 Å². The van der Waals surface area contributed by atoms with E-state index in [1.165, 1.54) is 19.3 Å². The van der Waals surface area contributed by atoms with Gasteiger partial charge in [-0.3, -0.25) is 0 Å². The molecule has 0 aliphatic carbocycles. The van der Waals surface area contributed by atoms with Crippen molar-refractivity contribution >= 4 is 0 Å². The van der Waals surface area contributed by atoms with Crippen LogP contribution in [0.5, 0.6) is 0 Å². The fourth-order valence-corrected chi connectivity index (χ4v) is 1.79. The van der Waals surface area contributed by atoms with Crippen molar-refractivity contribution in [2.45, 2.75) is 39.2 Å². The van der Waals surface area contributed by atoms with Gasteiger partial charge in [-0.05, 0) is 30.7 Å². The summed E-state index contributed by atoms with van der Waals surface area (Å²) in [7, 11) is 2.17. The third kappa shape index (κ3) is 1.90. The molecule has 0 bridgehead atoms. The van der Waals surface area contributed by atoms with Crippen molar-refractivity contribution in [1.82, 2.24) is 4.90 Å². The molecule has 1 unspecified atom stereocenters. The summed E-state index contributed by atoms with van der Waals surface area (Å²) in [4.78, 5) is 2.32. The first kappa shape index (κ1) is 9.37. The average molecular weight is 165 g/mol. The smallest absolute Gasteiger partial charge is 0.0496 e. The Balaban J connectivity index is 2.66. The lowest BCUT2D eigenvalue weighted by Crippen LogP contribution is -2.30. The van der Waals surface area contributed by atoms with E-state index in [2.05, 4.69) is 44.1 Å². The second kappa shape index (κ2) is 4.34. The van der Waals surface area contributed by atoms with Crippen molar-refractivity contribution in [2.75, 3.05) is 7.05 Å². The molecule has 12 heavy (non-hydrogen) atoms. The highest BCUT2D eigenvalue weighted by Gasteiger charge is 2.16. The van der Waals surface area contributed by atoms with E-state index in [9.17, 15) is 0 Å². The molecule has 0 aromatic carbocycles. The van der Waals surface area contributed by atoms with Gasteiger partial charge in [0.05, 0.1) is 0 Å². The van der Waals surface area contributed by atoms with Crippen LogP contribution in [-0.4, -0.2) is 18.0 Å². The first-order valence-electron chi connectivity index (χ1n) is 4.88. The quantitative estimate of drug-likeness (QED) is 0.621. The van der Waals surface area contributed by atoms with Gasteiger partial charge in [-0.1, -0.05) is 26.3 Å². The summed E-state index contributed by atoms with van der Waals surface area (Å²) in [6.07, 6.45) is 10.3. The van der Waals surface area contributed by atoms with Gasteiger partial charge in [0.25, 0.3) is 0 Å². The Labute approximate surface area is 75.8 Å². The second-order valence-electron chi connectivity index (χ2n) is 3.41. The molecule has 0 aromatic rings. The van der Waals surface area contributed by atoms with Gasteiger partial charge in [0.1, 0.15) is 0 Å². The summed E-state index contributed by atoms with van der Waals surface area (Å²) in [5, 5.41) is 0. The van der Waals surface area contributed by atoms with Gasteiger partial charge in [-0.15, -0.1) is 0 Å². The Morgan fingerprint density at radius 1 is 1.42 bits per heavy atom. The third-order valence-electron chi connectivity index (χ3n) is 2.52. The van der Waals surface area contributed by atoms with Gasteiger partial charge in [-0.25, -0.2) is 0 Å². The van der Waals surface area contributed by atoms with Crippen molar-refractivity contribution in [2.24, 2.45) is 0 Å². The molecule has 1 heteroatoms. The SMILES string of the molecule is CCCC1C(CC)=CC=CN1C. The second-order valence-corrected chi connectivity index (χ2v) is 3.41. The highest BCUT2D eigenvalue weighted by molar-refractivity contribution is 5.22.